The van der Waals surface area contributed by atoms with Gasteiger partial charge in [-0.1, -0.05) is 12.1 Å². The highest BCUT2D eigenvalue weighted by Crippen LogP contribution is 2.23. The SMILES string of the molecule is COc1ccc(-n2c(C)cc(C(=O)NCc3cccc(C(N)=O)c3)c2C)cc1. The van der Waals surface area contributed by atoms with Gasteiger partial charge in [0.1, 0.15) is 5.75 Å². The number of hydrogen-bond acceptors (Lipinski definition) is 3. The first kappa shape index (κ1) is 19.2. The molecule has 3 rings (SSSR count). The Bertz CT molecular complexity index is 1020. The van der Waals surface area contributed by atoms with Crippen molar-refractivity contribution >= 4 is 11.8 Å². The lowest BCUT2D eigenvalue weighted by molar-refractivity contribution is 0.0949. The fourth-order valence-electron chi connectivity index (χ4n) is 3.23. The van der Waals surface area contributed by atoms with Gasteiger partial charge in [-0.05, 0) is 61.9 Å². The van der Waals surface area contributed by atoms with Crippen LogP contribution in [-0.4, -0.2) is 23.5 Å². The molecule has 0 unspecified atom stereocenters. The molecule has 2 amide bonds. The Kier molecular flexibility index (Phi) is 5.49. The van der Waals surface area contributed by atoms with Crippen LogP contribution in [0, 0.1) is 13.8 Å². The number of primary amides is 1. The summed E-state index contributed by atoms with van der Waals surface area (Å²) in [5, 5.41) is 2.91. The summed E-state index contributed by atoms with van der Waals surface area (Å²) < 4.78 is 7.23. The quantitative estimate of drug-likeness (QED) is 0.692. The molecular weight excluding hydrogens is 354 g/mol. The number of nitrogens with zero attached hydrogens (tertiary/aromatic N) is 1. The number of rotatable bonds is 6. The summed E-state index contributed by atoms with van der Waals surface area (Å²) in [5.74, 6) is 0.121. The summed E-state index contributed by atoms with van der Waals surface area (Å²) in [4.78, 5) is 24.0. The Hall–Kier alpha value is -3.54. The van der Waals surface area contributed by atoms with Gasteiger partial charge in [-0.25, -0.2) is 0 Å². The lowest BCUT2D eigenvalue weighted by atomic mass is 10.1. The van der Waals surface area contributed by atoms with Crippen LogP contribution in [0.1, 0.15) is 37.7 Å². The second-order valence-corrected chi connectivity index (χ2v) is 6.57. The third-order valence-electron chi connectivity index (χ3n) is 4.67. The van der Waals surface area contributed by atoms with Gasteiger partial charge in [0.2, 0.25) is 5.91 Å². The third-order valence-corrected chi connectivity index (χ3v) is 4.67. The van der Waals surface area contributed by atoms with Gasteiger partial charge in [0.05, 0.1) is 12.7 Å². The predicted molar refractivity (Wildman–Crippen MR) is 108 cm³/mol. The fourth-order valence-corrected chi connectivity index (χ4v) is 3.23. The molecule has 0 saturated heterocycles. The van der Waals surface area contributed by atoms with Crippen LogP contribution < -0.4 is 15.8 Å². The van der Waals surface area contributed by atoms with Crippen molar-refractivity contribution in [1.29, 1.82) is 0 Å². The molecule has 3 N–H and O–H groups in total. The molecule has 28 heavy (non-hydrogen) atoms. The minimum absolute atomic E-state index is 0.169. The van der Waals surface area contributed by atoms with E-state index in [-0.39, 0.29) is 5.91 Å². The molecule has 1 aromatic heterocycles. The molecule has 2 aromatic carbocycles. The number of ether oxygens (including phenoxy) is 1. The highest BCUT2D eigenvalue weighted by atomic mass is 16.5. The smallest absolute Gasteiger partial charge is 0.253 e. The van der Waals surface area contributed by atoms with E-state index < -0.39 is 5.91 Å². The van der Waals surface area contributed by atoms with E-state index in [0.29, 0.717) is 17.7 Å². The van der Waals surface area contributed by atoms with E-state index in [0.717, 1.165) is 28.4 Å². The lowest BCUT2D eigenvalue weighted by Gasteiger charge is -2.11. The molecule has 0 spiro atoms. The number of carbonyl (C=O) groups is 2. The second kappa shape index (κ2) is 8.00. The van der Waals surface area contributed by atoms with E-state index in [4.69, 9.17) is 10.5 Å². The van der Waals surface area contributed by atoms with E-state index in [1.807, 2.05) is 54.8 Å². The number of aromatic nitrogens is 1. The molecule has 0 aliphatic rings. The van der Waals surface area contributed by atoms with E-state index in [2.05, 4.69) is 5.32 Å². The van der Waals surface area contributed by atoms with E-state index in [9.17, 15) is 9.59 Å². The van der Waals surface area contributed by atoms with E-state index in [1.165, 1.54) is 0 Å². The summed E-state index contributed by atoms with van der Waals surface area (Å²) in [6.45, 7) is 4.19. The maximum atomic E-state index is 12.7. The fraction of sp³-hybridized carbons (Fsp3) is 0.182. The zero-order valence-corrected chi connectivity index (χ0v) is 16.2. The number of carbonyl (C=O) groups excluding carboxylic acids is 2. The average Bonchev–Trinajstić information content (AvgIpc) is 3.00. The van der Waals surface area contributed by atoms with Crippen molar-refractivity contribution in [2.24, 2.45) is 5.73 Å². The first-order valence-electron chi connectivity index (χ1n) is 8.91. The molecule has 0 aliphatic carbocycles. The van der Waals surface area contributed by atoms with Crippen molar-refractivity contribution < 1.29 is 14.3 Å². The van der Waals surface area contributed by atoms with Gasteiger partial charge in [-0.15, -0.1) is 0 Å². The molecule has 144 valence electrons. The molecule has 0 radical (unpaired) electrons. The van der Waals surface area contributed by atoms with Crippen molar-refractivity contribution in [3.63, 3.8) is 0 Å². The number of hydrogen-bond donors (Lipinski definition) is 2. The summed E-state index contributed by atoms with van der Waals surface area (Å²) in [7, 11) is 1.63. The lowest BCUT2D eigenvalue weighted by Crippen LogP contribution is -2.23. The Labute approximate surface area is 163 Å². The Morgan fingerprint density at radius 3 is 2.43 bits per heavy atom. The van der Waals surface area contributed by atoms with Gasteiger partial charge >= 0.3 is 0 Å². The predicted octanol–water partition coefficient (Wildman–Crippen LogP) is 3.13. The van der Waals surface area contributed by atoms with Crippen LogP contribution in [0.25, 0.3) is 5.69 Å². The highest BCUT2D eigenvalue weighted by Gasteiger charge is 2.16. The van der Waals surface area contributed by atoms with E-state index in [1.54, 1.807) is 25.3 Å². The van der Waals surface area contributed by atoms with Crippen LogP contribution >= 0.6 is 0 Å². The van der Waals surface area contributed by atoms with Crippen molar-refractivity contribution in [2.75, 3.05) is 7.11 Å². The molecule has 0 atom stereocenters. The molecule has 0 saturated carbocycles. The standard InChI is InChI=1S/C22H23N3O3/c1-14-11-20(15(2)25(14)18-7-9-19(28-3)10-8-18)22(27)24-13-16-5-4-6-17(12-16)21(23)26/h4-12H,13H2,1-3H3,(H2,23,26)(H,24,27). The van der Waals surface area contributed by atoms with Gasteiger partial charge in [0.25, 0.3) is 5.91 Å². The molecule has 0 aliphatic heterocycles. The summed E-state index contributed by atoms with van der Waals surface area (Å²) >= 11 is 0. The number of aryl methyl sites for hydroxylation is 1. The number of benzene rings is 2. The molecule has 3 aromatic rings. The summed E-state index contributed by atoms with van der Waals surface area (Å²) in [6, 6.07) is 16.5. The van der Waals surface area contributed by atoms with Gasteiger partial charge in [0, 0.05) is 29.2 Å². The molecule has 1 heterocycles. The maximum absolute atomic E-state index is 12.7. The van der Waals surface area contributed by atoms with Crippen LogP contribution in [0.15, 0.2) is 54.6 Å². The van der Waals surface area contributed by atoms with Gasteiger partial charge < -0.3 is 20.4 Å². The Morgan fingerprint density at radius 1 is 1.07 bits per heavy atom. The zero-order chi connectivity index (χ0) is 20.3. The number of amides is 2. The van der Waals surface area contributed by atoms with Crippen LogP contribution in [0.4, 0.5) is 0 Å². The highest BCUT2D eigenvalue weighted by molar-refractivity contribution is 5.96. The van der Waals surface area contributed by atoms with Crippen molar-refractivity contribution in [2.45, 2.75) is 20.4 Å². The number of methoxy groups -OCH3 is 1. The normalized spacial score (nSPS) is 10.5. The summed E-state index contributed by atoms with van der Waals surface area (Å²) in [6.07, 6.45) is 0. The van der Waals surface area contributed by atoms with Crippen LogP contribution in [-0.2, 0) is 6.54 Å². The minimum atomic E-state index is -0.490. The first-order valence-corrected chi connectivity index (χ1v) is 8.91. The topological polar surface area (TPSA) is 86.3 Å². The van der Waals surface area contributed by atoms with Crippen LogP contribution in [0.2, 0.25) is 0 Å². The van der Waals surface area contributed by atoms with Crippen molar-refractivity contribution in [3.8, 4) is 11.4 Å². The van der Waals surface area contributed by atoms with Crippen molar-refractivity contribution in [3.05, 3.63) is 82.7 Å². The molecule has 6 nitrogen and oxygen atoms in total. The number of nitrogens with two attached hydrogens (primary N) is 1. The average molecular weight is 377 g/mol. The monoisotopic (exact) mass is 377 g/mol. The van der Waals surface area contributed by atoms with Gasteiger partial charge in [-0.3, -0.25) is 9.59 Å². The molecular formula is C22H23N3O3. The molecule has 0 fully saturated rings. The summed E-state index contributed by atoms with van der Waals surface area (Å²) in [5.41, 5.74) is 9.93. The Morgan fingerprint density at radius 2 is 1.79 bits per heavy atom. The molecule has 6 heteroatoms. The van der Waals surface area contributed by atoms with E-state index >= 15 is 0 Å². The Balaban J connectivity index is 1.79. The second-order valence-electron chi connectivity index (χ2n) is 6.57. The largest absolute Gasteiger partial charge is 0.497 e. The van der Waals surface area contributed by atoms with Crippen molar-refractivity contribution in [1.82, 2.24) is 9.88 Å². The zero-order valence-electron chi connectivity index (χ0n) is 16.2. The third kappa shape index (κ3) is 3.91. The maximum Gasteiger partial charge on any atom is 0.253 e. The minimum Gasteiger partial charge on any atom is -0.497 e. The van der Waals surface area contributed by atoms with Gasteiger partial charge in [0.15, 0.2) is 0 Å². The number of nitrogens with one attached hydrogen (secondary N) is 1. The molecule has 0 bridgehead atoms. The van der Waals surface area contributed by atoms with Gasteiger partial charge in [-0.2, -0.15) is 0 Å². The first-order chi connectivity index (χ1) is 13.4. The van der Waals surface area contributed by atoms with Crippen LogP contribution in [0.3, 0.4) is 0 Å². The van der Waals surface area contributed by atoms with Crippen LogP contribution in [0.5, 0.6) is 5.75 Å².